The topological polar surface area (TPSA) is 45.4 Å². The van der Waals surface area contributed by atoms with Crippen LogP contribution in [0.3, 0.4) is 0 Å². The number of rotatable bonds is 5. The predicted molar refractivity (Wildman–Crippen MR) is 127 cm³/mol. The molecule has 5 rings (SSSR count). The lowest BCUT2D eigenvalue weighted by molar-refractivity contribution is 0.841. The zero-order valence-corrected chi connectivity index (χ0v) is 17.1. The smallest absolute Gasteiger partial charge is 0.206 e. The number of thiazole rings is 1. The summed E-state index contributed by atoms with van der Waals surface area (Å²) in [5.74, 6) is 0. The molecule has 0 saturated carbocycles. The summed E-state index contributed by atoms with van der Waals surface area (Å²) in [5, 5.41) is 10.5. The number of aromatic amines is 1. The first kappa shape index (κ1) is 18.3. The largest absolute Gasteiger partial charge is 0.361 e. The van der Waals surface area contributed by atoms with E-state index in [0.717, 1.165) is 32.5 Å². The first-order valence-corrected chi connectivity index (χ1v) is 10.6. The minimum absolute atomic E-state index is 0.554. The molecule has 0 aliphatic heterocycles. The molecule has 0 radical (unpaired) electrons. The molecule has 0 unspecified atom stereocenters. The fourth-order valence-corrected chi connectivity index (χ4v) is 4.46. The second-order valence-corrected chi connectivity index (χ2v) is 7.74. The van der Waals surface area contributed by atoms with Crippen LogP contribution in [0, 0.1) is 0 Å². The zero-order chi connectivity index (χ0) is 20.3. The van der Waals surface area contributed by atoms with Crippen molar-refractivity contribution in [2.24, 2.45) is 10.1 Å². The molecule has 2 aromatic heterocycles. The van der Waals surface area contributed by atoms with E-state index >= 15 is 0 Å². The van der Waals surface area contributed by atoms with E-state index in [1.54, 1.807) is 17.4 Å². The van der Waals surface area contributed by atoms with Crippen LogP contribution in [0.15, 0.2) is 101 Å². The lowest BCUT2D eigenvalue weighted by atomic mass is 10.0. The standard InChI is InChI=1S/C25H20N4S/c1-2-14-26-25-29(28-16-19-15-27-23-13-6-5-11-21(19)23)24(17-30-25)22-12-7-9-18-8-3-4-10-20(18)22/h2-13,15-17,27H,1,14H2. The average Bonchev–Trinajstić information content (AvgIpc) is 3.39. The van der Waals surface area contributed by atoms with E-state index < -0.39 is 0 Å². The van der Waals surface area contributed by atoms with Gasteiger partial charge in [-0.1, -0.05) is 66.7 Å². The number of nitrogens with zero attached hydrogens (tertiary/aromatic N) is 3. The quantitative estimate of drug-likeness (QED) is 0.281. The van der Waals surface area contributed by atoms with Crippen molar-refractivity contribution in [1.29, 1.82) is 0 Å². The minimum atomic E-state index is 0.554. The molecular formula is C25H20N4S. The van der Waals surface area contributed by atoms with Crippen LogP contribution in [0.25, 0.3) is 32.9 Å². The minimum Gasteiger partial charge on any atom is -0.361 e. The van der Waals surface area contributed by atoms with E-state index in [1.807, 2.05) is 29.2 Å². The molecule has 30 heavy (non-hydrogen) atoms. The fraction of sp³-hybridized carbons (Fsp3) is 0.0400. The van der Waals surface area contributed by atoms with Gasteiger partial charge in [-0.15, -0.1) is 17.9 Å². The Bertz CT molecular complexity index is 1440. The monoisotopic (exact) mass is 408 g/mol. The number of nitrogens with one attached hydrogen (secondary N) is 1. The molecule has 0 amide bonds. The summed E-state index contributed by atoms with van der Waals surface area (Å²) in [6.07, 6.45) is 5.68. The van der Waals surface area contributed by atoms with Gasteiger partial charge in [0, 0.05) is 33.6 Å². The van der Waals surface area contributed by atoms with Gasteiger partial charge in [0.15, 0.2) is 0 Å². The Balaban J connectivity index is 1.68. The molecule has 0 saturated heterocycles. The maximum absolute atomic E-state index is 4.85. The molecule has 3 aromatic carbocycles. The highest BCUT2D eigenvalue weighted by Crippen LogP contribution is 2.29. The fourth-order valence-electron chi connectivity index (χ4n) is 3.62. The molecular weight excluding hydrogens is 388 g/mol. The van der Waals surface area contributed by atoms with Gasteiger partial charge in [-0.05, 0) is 16.8 Å². The van der Waals surface area contributed by atoms with E-state index in [9.17, 15) is 0 Å². The Morgan fingerprint density at radius 2 is 1.77 bits per heavy atom. The number of hydrogen-bond donors (Lipinski definition) is 1. The summed E-state index contributed by atoms with van der Waals surface area (Å²) in [6.45, 7) is 4.34. The van der Waals surface area contributed by atoms with Crippen LogP contribution in [0.2, 0.25) is 0 Å². The first-order chi connectivity index (χ1) is 14.8. The van der Waals surface area contributed by atoms with Crippen LogP contribution < -0.4 is 4.80 Å². The molecule has 5 aromatic rings. The molecule has 0 spiro atoms. The van der Waals surface area contributed by atoms with E-state index in [2.05, 4.69) is 76.5 Å². The van der Waals surface area contributed by atoms with Crippen LogP contribution in [-0.4, -0.2) is 22.4 Å². The van der Waals surface area contributed by atoms with Crippen LogP contribution in [0.1, 0.15) is 5.56 Å². The third-order valence-electron chi connectivity index (χ3n) is 5.04. The molecule has 146 valence electrons. The van der Waals surface area contributed by atoms with E-state index in [4.69, 9.17) is 5.10 Å². The van der Waals surface area contributed by atoms with E-state index in [-0.39, 0.29) is 0 Å². The Labute approximate surface area is 178 Å². The Hall–Kier alpha value is -3.70. The molecule has 0 fully saturated rings. The highest BCUT2D eigenvalue weighted by molar-refractivity contribution is 7.07. The van der Waals surface area contributed by atoms with Crippen molar-refractivity contribution in [2.75, 3.05) is 6.54 Å². The van der Waals surface area contributed by atoms with Gasteiger partial charge in [0.1, 0.15) is 0 Å². The van der Waals surface area contributed by atoms with Crippen molar-refractivity contribution in [2.45, 2.75) is 0 Å². The summed E-state index contributed by atoms with van der Waals surface area (Å²) >= 11 is 1.59. The maximum Gasteiger partial charge on any atom is 0.206 e. The Morgan fingerprint density at radius 3 is 2.67 bits per heavy atom. The van der Waals surface area contributed by atoms with Gasteiger partial charge in [0.25, 0.3) is 0 Å². The summed E-state index contributed by atoms with van der Waals surface area (Å²) in [6, 6.07) is 23.0. The molecule has 0 atom stereocenters. The molecule has 1 N–H and O–H groups in total. The van der Waals surface area contributed by atoms with Crippen LogP contribution >= 0.6 is 11.3 Å². The number of hydrogen-bond acceptors (Lipinski definition) is 3. The Kier molecular flexibility index (Phi) is 4.87. The van der Waals surface area contributed by atoms with Gasteiger partial charge in [-0.2, -0.15) is 5.10 Å². The van der Waals surface area contributed by atoms with Gasteiger partial charge in [-0.3, -0.25) is 4.99 Å². The molecule has 2 heterocycles. The molecule has 0 aliphatic rings. The summed E-state index contributed by atoms with van der Waals surface area (Å²) < 4.78 is 1.93. The van der Waals surface area contributed by atoms with Gasteiger partial charge in [0.05, 0.1) is 18.5 Å². The average molecular weight is 409 g/mol. The van der Waals surface area contributed by atoms with Crippen LogP contribution in [0.5, 0.6) is 0 Å². The van der Waals surface area contributed by atoms with Gasteiger partial charge in [-0.25, -0.2) is 4.68 Å². The number of H-pyrrole nitrogens is 1. The van der Waals surface area contributed by atoms with Gasteiger partial charge >= 0.3 is 0 Å². The third-order valence-corrected chi connectivity index (χ3v) is 5.89. The highest BCUT2D eigenvalue weighted by atomic mass is 32.1. The van der Waals surface area contributed by atoms with Crippen molar-refractivity contribution in [3.63, 3.8) is 0 Å². The second-order valence-electron chi connectivity index (χ2n) is 6.91. The number of aromatic nitrogens is 2. The summed E-state index contributed by atoms with van der Waals surface area (Å²) in [4.78, 5) is 8.80. The lowest BCUT2D eigenvalue weighted by Gasteiger charge is -2.07. The summed E-state index contributed by atoms with van der Waals surface area (Å²) in [5.41, 5.74) is 4.30. The van der Waals surface area contributed by atoms with Crippen LogP contribution in [-0.2, 0) is 0 Å². The zero-order valence-electron chi connectivity index (χ0n) is 16.3. The number of benzene rings is 3. The van der Waals surface area contributed by atoms with Crippen molar-refractivity contribution < 1.29 is 0 Å². The molecule has 0 aliphatic carbocycles. The van der Waals surface area contributed by atoms with Crippen LogP contribution in [0.4, 0.5) is 0 Å². The summed E-state index contributed by atoms with van der Waals surface area (Å²) in [7, 11) is 0. The highest BCUT2D eigenvalue weighted by Gasteiger charge is 2.11. The number of fused-ring (bicyclic) bond motifs is 2. The maximum atomic E-state index is 4.85. The Morgan fingerprint density at radius 1 is 0.967 bits per heavy atom. The van der Waals surface area contributed by atoms with Crippen molar-refractivity contribution >= 4 is 39.2 Å². The van der Waals surface area contributed by atoms with E-state index in [0.29, 0.717) is 6.54 Å². The van der Waals surface area contributed by atoms with Gasteiger partial charge in [0.2, 0.25) is 4.80 Å². The molecule has 0 bridgehead atoms. The van der Waals surface area contributed by atoms with E-state index in [1.165, 1.54) is 10.8 Å². The lowest BCUT2D eigenvalue weighted by Crippen LogP contribution is -2.12. The first-order valence-electron chi connectivity index (χ1n) is 9.75. The van der Waals surface area contributed by atoms with Crippen molar-refractivity contribution in [3.05, 3.63) is 101 Å². The van der Waals surface area contributed by atoms with Gasteiger partial charge < -0.3 is 4.98 Å². The second kappa shape index (κ2) is 7.97. The number of para-hydroxylation sites is 1. The third kappa shape index (κ3) is 3.29. The SMILES string of the molecule is C=CCN=c1scc(-c2cccc3ccccc23)n1N=Cc1c[nH]c2ccccc12. The predicted octanol–water partition coefficient (Wildman–Crippen LogP) is 5.82. The van der Waals surface area contributed by atoms with Crippen molar-refractivity contribution in [1.82, 2.24) is 9.66 Å². The molecule has 5 heteroatoms. The van der Waals surface area contributed by atoms with Crippen molar-refractivity contribution in [3.8, 4) is 11.3 Å². The normalized spacial score (nSPS) is 12.3. The molecule has 4 nitrogen and oxygen atoms in total.